The molecule has 0 spiro atoms. The van der Waals surface area contributed by atoms with E-state index in [0.717, 1.165) is 35.6 Å². The molecule has 3 rings (SSSR count). The van der Waals surface area contributed by atoms with E-state index in [1.54, 1.807) is 24.8 Å². The van der Waals surface area contributed by atoms with Crippen LogP contribution in [0.1, 0.15) is 19.3 Å². The maximum atomic E-state index is 5.18. The van der Waals surface area contributed by atoms with Crippen LogP contribution < -0.4 is 5.32 Å². The molecule has 0 radical (unpaired) electrons. The highest BCUT2D eigenvalue weighted by Gasteiger charge is 2.41. The van der Waals surface area contributed by atoms with Crippen molar-refractivity contribution in [1.29, 1.82) is 0 Å². The first-order chi connectivity index (χ1) is 8.83. The van der Waals surface area contributed by atoms with Crippen LogP contribution in [0.25, 0.3) is 10.2 Å². The fourth-order valence-electron chi connectivity index (χ4n) is 2.21. The summed E-state index contributed by atoms with van der Waals surface area (Å²) >= 11 is 1.65. The van der Waals surface area contributed by atoms with E-state index < -0.39 is 0 Å². The van der Waals surface area contributed by atoms with E-state index in [-0.39, 0.29) is 0 Å². The van der Waals surface area contributed by atoms with Crippen molar-refractivity contribution in [2.45, 2.75) is 19.3 Å². The zero-order valence-corrected chi connectivity index (χ0v) is 11.3. The van der Waals surface area contributed by atoms with Crippen LogP contribution in [0.3, 0.4) is 0 Å². The molecule has 0 amide bonds. The third-order valence-electron chi connectivity index (χ3n) is 3.69. The molecule has 2 heterocycles. The molecule has 2 aromatic rings. The minimum atomic E-state index is 0.434. The van der Waals surface area contributed by atoms with E-state index in [9.17, 15) is 0 Å². The fourth-order valence-corrected chi connectivity index (χ4v) is 2.95. The lowest BCUT2D eigenvalue weighted by atomic mass is 10.0. The summed E-state index contributed by atoms with van der Waals surface area (Å²) in [5, 5.41) is 6.67. The van der Waals surface area contributed by atoms with Crippen LogP contribution in [0, 0.1) is 5.41 Å². The molecule has 96 valence electrons. The Bertz CT molecular complexity index is 536. The summed E-state index contributed by atoms with van der Waals surface area (Å²) in [4.78, 5) is 9.65. The summed E-state index contributed by atoms with van der Waals surface area (Å²) in [6.45, 7) is 1.83. The highest BCUT2D eigenvalue weighted by molar-refractivity contribution is 7.16. The zero-order valence-electron chi connectivity index (χ0n) is 10.5. The number of hydrogen-bond donors (Lipinski definition) is 1. The van der Waals surface area contributed by atoms with Gasteiger partial charge >= 0.3 is 0 Å². The summed E-state index contributed by atoms with van der Waals surface area (Å²) in [6.07, 6.45) is 5.35. The average Bonchev–Trinajstić information content (AvgIpc) is 3.00. The smallest absolute Gasteiger partial charge is 0.138 e. The molecule has 1 fully saturated rings. The summed E-state index contributed by atoms with van der Waals surface area (Å²) in [5.41, 5.74) is 0.434. The maximum absolute atomic E-state index is 5.18. The largest absolute Gasteiger partial charge is 0.385 e. The monoisotopic (exact) mass is 263 g/mol. The van der Waals surface area contributed by atoms with Crippen molar-refractivity contribution in [3.63, 3.8) is 0 Å². The first-order valence-electron chi connectivity index (χ1n) is 6.24. The summed E-state index contributed by atoms with van der Waals surface area (Å²) in [6, 6.07) is 2.08. The number of aromatic nitrogens is 2. The highest BCUT2D eigenvalue weighted by atomic mass is 32.1. The number of thiophene rings is 1. The molecule has 2 aromatic heterocycles. The summed E-state index contributed by atoms with van der Waals surface area (Å²) < 4.78 is 5.18. The van der Waals surface area contributed by atoms with E-state index in [1.807, 2.05) is 0 Å². The van der Waals surface area contributed by atoms with Crippen LogP contribution >= 0.6 is 11.3 Å². The summed E-state index contributed by atoms with van der Waals surface area (Å²) in [5.74, 6) is 0.963. The topological polar surface area (TPSA) is 47.0 Å². The first kappa shape index (κ1) is 11.9. The maximum Gasteiger partial charge on any atom is 0.138 e. The number of rotatable bonds is 6. The Morgan fingerprint density at radius 3 is 3.11 bits per heavy atom. The molecule has 1 saturated carbocycles. The van der Waals surface area contributed by atoms with Crippen LogP contribution in [-0.4, -0.2) is 30.2 Å². The second-order valence-electron chi connectivity index (χ2n) is 4.96. The molecule has 5 heteroatoms. The van der Waals surface area contributed by atoms with Crippen LogP contribution in [-0.2, 0) is 4.74 Å². The number of fused-ring (bicyclic) bond motifs is 1. The van der Waals surface area contributed by atoms with Crippen LogP contribution in [0.4, 0.5) is 5.82 Å². The van der Waals surface area contributed by atoms with Crippen molar-refractivity contribution in [2.75, 3.05) is 25.6 Å². The van der Waals surface area contributed by atoms with Gasteiger partial charge in [0.05, 0.1) is 5.39 Å². The molecule has 0 aromatic carbocycles. The average molecular weight is 263 g/mol. The Morgan fingerprint density at radius 2 is 2.33 bits per heavy atom. The van der Waals surface area contributed by atoms with Crippen molar-refractivity contribution in [1.82, 2.24) is 9.97 Å². The third-order valence-corrected chi connectivity index (χ3v) is 4.51. The molecule has 0 bridgehead atoms. The molecule has 1 aliphatic rings. The van der Waals surface area contributed by atoms with Gasteiger partial charge in [-0.3, -0.25) is 0 Å². The van der Waals surface area contributed by atoms with Gasteiger partial charge in [-0.05, 0) is 36.1 Å². The molecular weight excluding hydrogens is 246 g/mol. The molecule has 4 nitrogen and oxygen atoms in total. The number of ether oxygens (including phenoxy) is 1. The van der Waals surface area contributed by atoms with Gasteiger partial charge in [0, 0.05) is 20.3 Å². The molecule has 0 aliphatic heterocycles. The van der Waals surface area contributed by atoms with E-state index in [4.69, 9.17) is 4.74 Å². The Labute approximate surface area is 110 Å². The fraction of sp³-hybridized carbons (Fsp3) is 0.538. The number of nitrogens with one attached hydrogen (secondary N) is 1. The number of nitrogens with zero attached hydrogens (tertiary/aromatic N) is 2. The predicted molar refractivity (Wildman–Crippen MR) is 74.1 cm³/mol. The van der Waals surface area contributed by atoms with Crippen molar-refractivity contribution in [3.8, 4) is 0 Å². The number of methoxy groups -OCH3 is 1. The number of anilines is 1. The van der Waals surface area contributed by atoms with E-state index in [2.05, 4.69) is 26.7 Å². The quantitative estimate of drug-likeness (QED) is 0.870. The Morgan fingerprint density at radius 1 is 1.44 bits per heavy atom. The Kier molecular flexibility index (Phi) is 3.18. The van der Waals surface area contributed by atoms with Gasteiger partial charge in [0.1, 0.15) is 17.0 Å². The van der Waals surface area contributed by atoms with Gasteiger partial charge in [-0.2, -0.15) is 0 Å². The SMILES string of the molecule is COCCC1(CNc2ncnc3sccc23)CC1. The molecule has 0 atom stereocenters. The van der Waals surface area contributed by atoms with Crippen molar-refractivity contribution in [3.05, 3.63) is 17.8 Å². The van der Waals surface area contributed by atoms with Gasteiger partial charge in [-0.1, -0.05) is 0 Å². The molecule has 18 heavy (non-hydrogen) atoms. The third kappa shape index (κ3) is 2.33. The lowest BCUT2D eigenvalue weighted by Gasteiger charge is -2.16. The van der Waals surface area contributed by atoms with Crippen LogP contribution in [0.15, 0.2) is 17.8 Å². The molecule has 0 saturated heterocycles. The van der Waals surface area contributed by atoms with Crippen molar-refractivity contribution >= 4 is 27.4 Å². The molecule has 1 aliphatic carbocycles. The minimum Gasteiger partial charge on any atom is -0.385 e. The second-order valence-corrected chi connectivity index (χ2v) is 5.85. The second kappa shape index (κ2) is 4.82. The standard InChI is InChI=1S/C13H17N3OS/c1-17-6-5-13(3-4-13)8-14-11-10-2-7-18-12(10)16-9-15-11/h2,7,9H,3-6,8H2,1H3,(H,14,15,16). The van der Waals surface area contributed by atoms with Crippen LogP contribution in [0.2, 0.25) is 0 Å². The lowest BCUT2D eigenvalue weighted by molar-refractivity contribution is 0.175. The lowest BCUT2D eigenvalue weighted by Crippen LogP contribution is -2.18. The number of hydrogen-bond acceptors (Lipinski definition) is 5. The van der Waals surface area contributed by atoms with Gasteiger partial charge < -0.3 is 10.1 Å². The Balaban J connectivity index is 1.68. The zero-order chi connectivity index (χ0) is 12.4. The van der Waals surface area contributed by atoms with E-state index in [1.165, 1.54) is 12.8 Å². The molecule has 0 unspecified atom stereocenters. The van der Waals surface area contributed by atoms with Gasteiger partial charge in [0.15, 0.2) is 0 Å². The van der Waals surface area contributed by atoms with Crippen molar-refractivity contribution < 1.29 is 4.74 Å². The van der Waals surface area contributed by atoms with Gasteiger partial charge in [0.2, 0.25) is 0 Å². The van der Waals surface area contributed by atoms with E-state index in [0.29, 0.717) is 5.41 Å². The molecular formula is C13H17N3OS. The Hall–Kier alpha value is -1.20. The van der Waals surface area contributed by atoms with Crippen LogP contribution in [0.5, 0.6) is 0 Å². The first-order valence-corrected chi connectivity index (χ1v) is 7.12. The highest BCUT2D eigenvalue weighted by Crippen LogP contribution is 2.48. The normalized spacial score (nSPS) is 16.9. The van der Waals surface area contributed by atoms with Gasteiger partial charge in [-0.25, -0.2) is 9.97 Å². The van der Waals surface area contributed by atoms with Gasteiger partial charge in [0.25, 0.3) is 0 Å². The predicted octanol–water partition coefficient (Wildman–Crippen LogP) is 2.92. The van der Waals surface area contributed by atoms with E-state index >= 15 is 0 Å². The summed E-state index contributed by atoms with van der Waals surface area (Å²) in [7, 11) is 1.77. The molecule has 1 N–H and O–H groups in total. The van der Waals surface area contributed by atoms with Crippen molar-refractivity contribution in [2.24, 2.45) is 5.41 Å². The minimum absolute atomic E-state index is 0.434. The van der Waals surface area contributed by atoms with Gasteiger partial charge in [-0.15, -0.1) is 11.3 Å².